The summed E-state index contributed by atoms with van der Waals surface area (Å²) in [5, 5.41) is 6.02. The monoisotopic (exact) mass is 292 g/mol. The van der Waals surface area contributed by atoms with Gasteiger partial charge < -0.3 is 20.4 Å². The van der Waals surface area contributed by atoms with Gasteiger partial charge >= 0.3 is 0 Å². The molecule has 0 heterocycles. The lowest BCUT2D eigenvalue weighted by Crippen LogP contribution is -2.33. The zero-order valence-electron chi connectivity index (χ0n) is 13.6. The molecule has 0 aromatic heterocycles. The van der Waals surface area contributed by atoms with Crippen molar-refractivity contribution in [3.8, 4) is 0 Å². The fourth-order valence-corrected chi connectivity index (χ4v) is 2.05. The van der Waals surface area contributed by atoms with Gasteiger partial charge in [0.05, 0.1) is 6.54 Å². The summed E-state index contributed by atoms with van der Waals surface area (Å²) in [5.41, 5.74) is 2.02. The van der Waals surface area contributed by atoms with Crippen LogP contribution in [-0.4, -0.2) is 57.6 Å². The first-order valence-electron chi connectivity index (χ1n) is 7.57. The van der Waals surface area contributed by atoms with Gasteiger partial charge in [-0.3, -0.25) is 4.79 Å². The van der Waals surface area contributed by atoms with Crippen LogP contribution in [0.5, 0.6) is 0 Å². The third-order valence-electron chi connectivity index (χ3n) is 3.30. The number of hydrogen-bond donors (Lipinski definition) is 2. The van der Waals surface area contributed by atoms with Crippen molar-refractivity contribution in [1.29, 1.82) is 0 Å². The maximum absolute atomic E-state index is 11.8. The predicted molar refractivity (Wildman–Crippen MR) is 90.1 cm³/mol. The fourth-order valence-electron chi connectivity index (χ4n) is 2.05. The quantitative estimate of drug-likeness (QED) is 0.679. The zero-order chi connectivity index (χ0) is 15.7. The van der Waals surface area contributed by atoms with E-state index in [9.17, 15) is 4.79 Å². The van der Waals surface area contributed by atoms with E-state index in [-0.39, 0.29) is 5.91 Å². The Morgan fingerprint density at radius 1 is 1.10 bits per heavy atom. The Labute approximate surface area is 128 Å². The number of carbonyl (C=O) groups is 1. The molecule has 0 aliphatic heterocycles. The van der Waals surface area contributed by atoms with E-state index < -0.39 is 0 Å². The van der Waals surface area contributed by atoms with Crippen LogP contribution in [-0.2, 0) is 4.79 Å². The van der Waals surface area contributed by atoms with Crippen LogP contribution in [0, 0.1) is 0 Å². The minimum Gasteiger partial charge on any atom is -0.372 e. The van der Waals surface area contributed by atoms with Gasteiger partial charge in [-0.05, 0) is 52.2 Å². The molecule has 1 aromatic carbocycles. The van der Waals surface area contributed by atoms with Gasteiger partial charge in [0.1, 0.15) is 0 Å². The standard InChI is InChI=1S/C16H28N4O/c1-5-20(6-2)15-9-7-14(8-10-15)18-16(21)13-17-11-12-19(3)4/h7-10,17H,5-6,11-13H2,1-4H3,(H,18,21). The Morgan fingerprint density at radius 3 is 2.24 bits per heavy atom. The van der Waals surface area contributed by atoms with Gasteiger partial charge in [0.2, 0.25) is 5.91 Å². The van der Waals surface area contributed by atoms with Crippen molar-refractivity contribution in [2.75, 3.05) is 57.0 Å². The minimum absolute atomic E-state index is 0.00987. The third kappa shape index (κ3) is 6.60. The van der Waals surface area contributed by atoms with Crippen molar-refractivity contribution in [3.63, 3.8) is 0 Å². The van der Waals surface area contributed by atoms with Crippen molar-refractivity contribution in [2.45, 2.75) is 13.8 Å². The van der Waals surface area contributed by atoms with Gasteiger partial charge in [0.15, 0.2) is 0 Å². The van der Waals surface area contributed by atoms with Crippen LogP contribution in [0.4, 0.5) is 11.4 Å². The zero-order valence-corrected chi connectivity index (χ0v) is 13.6. The molecule has 0 aliphatic carbocycles. The van der Waals surface area contributed by atoms with Crippen molar-refractivity contribution >= 4 is 17.3 Å². The molecule has 5 nitrogen and oxygen atoms in total. The summed E-state index contributed by atoms with van der Waals surface area (Å²) >= 11 is 0. The molecule has 0 radical (unpaired) electrons. The molecular formula is C16H28N4O. The Balaban J connectivity index is 2.39. The number of rotatable bonds is 9. The second kappa shape index (κ2) is 9.37. The molecule has 1 rings (SSSR count). The van der Waals surface area contributed by atoms with Gasteiger partial charge in [-0.1, -0.05) is 0 Å². The molecule has 5 heteroatoms. The number of hydrogen-bond acceptors (Lipinski definition) is 4. The first kappa shape index (κ1) is 17.5. The highest BCUT2D eigenvalue weighted by molar-refractivity contribution is 5.92. The van der Waals surface area contributed by atoms with E-state index in [2.05, 4.69) is 34.3 Å². The number of carbonyl (C=O) groups excluding carboxylic acids is 1. The van der Waals surface area contributed by atoms with Crippen LogP contribution in [0.3, 0.4) is 0 Å². The average Bonchev–Trinajstić information content (AvgIpc) is 2.46. The first-order chi connectivity index (χ1) is 10.1. The van der Waals surface area contributed by atoms with E-state index in [1.807, 2.05) is 38.4 Å². The van der Waals surface area contributed by atoms with Gasteiger partial charge in [0, 0.05) is 37.6 Å². The summed E-state index contributed by atoms with van der Waals surface area (Å²) in [7, 11) is 4.03. The number of benzene rings is 1. The molecule has 0 aliphatic rings. The molecule has 1 amide bonds. The van der Waals surface area contributed by atoms with E-state index in [0.717, 1.165) is 31.9 Å². The largest absolute Gasteiger partial charge is 0.372 e. The Hall–Kier alpha value is -1.59. The number of nitrogens with one attached hydrogen (secondary N) is 2. The predicted octanol–water partition coefficient (Wildman–Crippen LogP) is 1.62. The summed E-state index contributed by atoms with van der Waals surface area (Å²) in [6, 6.07) is 7.99. The van der Waals surface area contributed by atoms with Crippen LogP contribution >= 0.6 is 0 Å². The average molecular weight is 292 g/mol. The Bertz CT molecular complexity index is 413. The van der Waals surface area contributed by atoms with Crippen LogP contribution in [0.2, 0.25) is 0 Å². The normalized spacial score (nSPS) is 10.7. The molecule has 0 fully saturated rings. The van der Waals surface area contributed by atoms with Crippen molar-refractivity contribution < 1.29 is 4.79 Å². The lowest BCUT2D eigenvalue weighted by Gasteiger charge is -2.21. The minimum atomic E-state index is -0.00987. The summed E-state index contributed by atoms with van der Waals surface area (Å²) in [5.74, 6) is -0.00987. The number of amides is 1. The second-order valence-electron chi connectivity index (χ2n) is 5.25. The van der Waals surface area contributed by atoms with Gasteiger partial charge in [-0.15, -0.1) is 0 Å². The van der Waals surface area contributed by atoms with Crippen LogP contribution in [0.25, 0.3) is 0 Å². The molecule has 0 atom stereocenters. The molecule has 2 N–H and O–H groups in total. The summed E-state index contributed by atoms with van der Waals surface area (Å²) in [6.07, 6.45) is 0. The van der Waals surface area contributed by atoms with Crippen LogP contribution in [0.1, 0.15) is 13.8 Å². The first-order valence-corrected chi connectivity index (χ1v) is 7.57. The van der Waals surface area contributed by atoms with Crippen molar-refractivity contribution in [1.82, 2.24) is 10.2 Å². The molecule has 0 saturated carbocycles. The van der Waals surface area contributed by atoms with E-state index in [0.29, 0.717) is 6.54 Å². The fraction of sp³-hybridized carbons (Fsp3) is 0.562. The molecule has 0 unspecified atom stereocenters. The van der Waals surface area contributed by atoms with Gasteiger partial charge in [-0.2, -0.15) is 0 Å². The maximum Gasteiger partial charge on any atom is 0.238 e. The molecular weight excluding hydrogens is 264 g/mol. The van der Waals surface area contributed by atoms with Gasteiger partial charge in [-0.25, -0.2) is 0 Å². The van der Waals surface area contributed by atoms with Crippen LogP contribution < -0.4 is 15.5 Å². The second-order valence-corrected chi connectivity index (χ2v) is 5.25. The highest BCUT2D eigenvalue weighted by Crippen LogP contribution is 2.17. The van der Waals surface area contributed by atoms with Crippen molar-refractivity contribution in [3.05, 3.63) is 24.3 Å². The smallest absolute Gasteiger partial charge is 0.238 e. The topological polar surface area (TPSA) is 47.6 Å². The number of anilines is 2. The van der Waals surface area contributed by atoms with Gasteiger partial charge in [0.25, 0.3) is 0 Å². The van der Waals surface area contributed by atoms with E-state index in [4.69, 9.17) is 0 Å². The van der Waals surface area contributed by atoms with E-state index in [1.165, 1.54) is 5.69 Å². The van der Waals surface area contributed by atoms with Crippen LogP contribution in [0.15, 0.2) is 24.3 Å². The van der Waals surface area contributed by atoms with E-state index in [1.54, 1.807) is 0 Å². The highest BCUT2D eigenvalue weighted by Gasteiger charge is 2.04. The molecule has 21 heavy (non-hydrogen) atoms. The maximum atomic E-state index is 11.8. The number of likely N-dealkylation sites (N-methyl/N-ethyl adjacent to an activating group) is 1. The Morgan fingerprint density at radius 2 is 1.71 bits per heavy atom. The highest BCUT2D eigenvalue weighted by atomic mass is 16.1. The lowest BCUT2D eigenvalue weighted by atomic mass is 10.2. The SMILES string of the molecule is CCN(CC)c1ccc(NC(=O)CNCCN(C)C)cc1. The number of nitrogens with zero attached hydrogens (tertiary/aromatic N) is 2. The Kier molecular flexibility index (Phi) is 7.79. The van der Waals surface area contributed by atoms with Crippen molar-refractivity contribution in [2.24, 2.45) is 0 Å². The summed E-state index contributed by atoms with van der Waals surface area (Å²) in [4.78, 5) is 16.1. The summed E-state index contributed by atoms with van der Waals surface area (Å²) < 4.78 is 0. The molecule has 0 saturated heterocycles. The lowest BCUT2D eigenvalue weighted by molar-refractivity contribution is -0.115. The third-order valence-corrected chi connectivity index (χ3v) is 3.30. The molecule has 118 valence electrons. The molecule has 0 bridgehead atoms. The molecule has 1 aromatic rings. The summed E-state index contributed by atoms with van der Waals surface area (Å²) in [6.45, 7) is 8.31. The molecule has 0 spiro atoms. The van der Waals surface area contributed by atoms with E-state index >= 15 is 0 Å².